The molecule has 0 atom stereocenters. The van der Waals surface area contributed by atoms with Gasteiger partial charge in [0.25, 0.3) is 0 Å². The molecular formula is C18H29IN6O2S. The largest absolute Gasteiger partial charge is 0.467 e. The number of hydrogen-bond acceptors (Lipinski definition) is 7. The molecule has 0 unspecified atom stereocenters. The molecule has 2 aromatic heterocycles. The highest BCUT2D eigenvalue weighted by Crippen LogP contribution is 2.19. The van der Waals surface area contributed by atoms with E-state index < -0.39 is 0 Å². The van der Waals surface area contributed by atoms with Crippen molar-refractivity contribution in [2.24, 2.45) is 4.99 Å². The van der Waals surface area contributed by atoms with Crippen LogP contribution in [0.3, 0.4) is 0 Å². The quantitative estimate of drug-likeness (QED) is 0.248. The Hall–Kier alpha value is -1.40. The van der Waals surface area contributed by atoms with Gasteiger partial charge in [0.1, 0.15) is 18.2 Å². The standard InChI is InChI=1S/C18H28N6O2S.HI/c1-3-16-21-18(27-22-16)24-10-8-23(9-11-24)17(19-2)20-7-5-12-25-14-15-6-4-13-26-15;/h4,6,13H,3,5,7-12,14H2,1-2H3,(H,19,20);1H. The average molecular weight is 520 g/mol. The van der Waals surface area contributed by atoms with Crippen molar-refractivity contribution in [3.8, 4) is 0 Å². The van der Waals surface area contributed by atoms with Crippen molar-refractivity contribution in [2.45, 2.75) is 26.4 Å². The van der Waals surface area contributed by atoms with E-state index in [1.807, 2.05) is 19.2 Å². The van der Waals surface area contributed by atoms with Crippen molar-refractivity contribution in [1.82, 2.24) is 19.6 Å². The molecule has 0 spiro atoms. The van der Waals surface area contributed by atoms with Gasteiger partial charge in [-0.1, -0.05) is 6.92 Å². The van der Waals surface area contributed by atoms with Crippen molar-refractivity contribution in [3.05, 3.63) is 30.0 Å². The molecule has 0 aliphatic carbocycles. The number of furan rings is 1. The number of aliphatic imine (C=N–C) groups is 1. The number of guanidine groups is 1. The molecule has 1 saturated heterocycles. The molecule has 1 fully saturated rings. The summed E-state index contributed by atoms with van der Waals surface area (Å²) in [6, 6.07) is 3.79. The second kappa shape index (κ2) is 12.2. The average Bonchev–Trinajstić information content (AvgIpc) is 3.39. The molecule has 1 aliphatic rings. The number of rotatable bonds is 8. The van der Waals surface area contributed by atoms with Crippen LogP contribution in [0, 0.1) is 0 Å². The van der Waals surface area contributed by atoms with Gasteiger partial charge < -0.3 is 24.3 Å². The van der Waals surface area contributed by atoms with E-state index in [0.717, 1.165) is 68.2 Å². The first-order valence-electron chi connectivity index (χ1n) is 9.43. The summed E-state index contributed by atoms with van der Waals surface area (Å²) in [6.45, 7) is 7.86. The first-order chi connectivity index (χ1) is 13.3. The Kier molecular flexibility index (Phi) is 9.99. The molecule has 156 valence electrons. The number of aromatic nitrogens is 2. The number of hydrogen-bond donors (Lipinski definition) is 1. The monoisotopic (exact) mass is 520 g/mol. The summed E-state index contributed by atoms with van der Waals surface area (Å²) < 4.78 is 15.2. The van der Waals surface area contributed by atoms with Crippen molar-refractivity contribution in [1.29, 1.82) is 0 Å². The van der Waals surface area contributed by atoms with Crippen molar-refractivity contribution in [2.75, 3.05) is 51.3 Å². The van der Waals surface area contributed by atoms with Crippen LogP contribution in [0.5, 0.6) is 0 Å². The van der Waals surface area contributed by atoms with Gasteiger partial charge in [-0.2, -0.15) is 4.37 Å². The molecular weight excluding hydrogens is 491 g/mol. The summed E-state index contributed by atoms with van der Waals surface area (Å²) >= 11 is 1.50. The molecule has 28 heavy (non-hydrogen) atoms. The van der Waals surface area contributed by atoms with E-state index in [1.54, 1.807) is 6.26 Å². The van der Waals surface area contributed by atoms with E-state index in [-0.39, 0.29) is 24.0 Å². The van der Waals surface area contributed by atoms with Crippen LogP contribution in [0.2, 0.25) is 0 Å². The lowest BCUT2D eigenvalue weighted by molar-refractivity contribution is 0.104. The van der Waals surface area contributed by atoms with Gasteiger partial charge in [0, 0.05) is 64.3 Å². The van der Waals surface area contributed by atoms with Crippen molar-refractivity contribution >= 4 is 46.6 Å². The van der Waals surface area contributed by atoms with Crippen LogP contribution in [0.1, 0.15) is 24.9 Å². The maximum absolute atomic E-state index is 5.61. The third-order valence-electron chi connectivity index (χ3n) is 4.41. The fraction of sp³-hybridized carbons (Fsp3) is 0.611. The predicted molar refractivity (Wildman–Crippen MR) is 123 cm³/mol. The highest BCUT2D eigenvalue weighted by molar-refractivity contribution is 14.0. The van der Waals surface area contributed by atoms with Crippen LogP contribution < -0.4 is 10.2 Å². The topological polar surface area (TPSA) is 79.0 Å². The summed E-state index contributed by atoms with van der Waals surface area (Å²) in [5, 5.41) is 4.46. The molecule has 0 radical (unpaired) electrons. The third-order valence-corrected chi connectivity index (χ3v) is 5.22. The molecule has 2 aromatic rings. The van der Waals surface area contributed by atoms with Crippen molar-refractivity contribution < 1.29 is 9.15 Å². The number of halogens is 1. The molecule has 8 nitrogen and oxygen atoms in total. The Labute approximate surface area is 187 Å². The molecule has 3 rings (SSSR count). The summed E-state index contributed by atoms with van der Waals surface area (Å²) in [4.78, 5) is 13.6. The van der Waals surface area contributed by atoms with Gasteiger partial charge in [-0.05, 0) is 18.6 Å². The summed E-state index contributed by atoms with van der Waals surface area (Å²) in [6.07, 6.45) is 3.47. The Morgan fingerprint density at radius 1 is 1.36 bits per heavy atom. The number of nitrogens with one attached hydrogen (secondary N) is 1. The molecule has 0 bridgehead atoms. The van der Waals surface area contributed by atoms with E-state index in [2.05, 4.69) is 36.4 Å². The van der Waals surface area contributed by atoms with Crippen LogP contribution in [0.15, 0.2) is 27.8 Å². The lowest BCUT2D eigenvalue weighted by atomic mass is 10.3. The van der Waals surface area contributed by atoms with Gasteiger partial charge in [-0.15, -0.1) is 24.0 Å². The summed E-state index contributed by atoms with van der Waals surface area (Å²) in [5.41, 5.74) is 0. The first kappa shape index (κ1) is 22.9. The highest BCUT2D eigenvalue weighted by atomic mass is 127. The van der Waals surface area contributed by atoms with Gasteiger partial charge in [-0.25, -0.2) is 4.98 Å². The molecule has 0 amide bonds. The van der Waals surface area contributed by atoms with E-state index in [9.17, 15) is 0 Å². The lowest BCUT2D eigenvalue weighted by Crippen LogP contribution is -2.52. The van der Waals surface area contributed by atoms with Crippen LogP contribution in [-0.2, 0) is 17.8 Å². The molecule has 3 heterocycles. The minimum atomic E-state index is 0. The van der Waals surface area contributed by atoms with Gasteiger partial charge >= 0.3 is 0 Å². The first-order valence-corrected chi connectivity index (χ1v) is 10.2. The number of anilines is 1. The second-order valence-corrected chi connectivity index (χ2v) is 7.01. The van der Waals surface area contributed by atoms with E-state index in [1.165, 1.54) is 11.5 Å². The number of nitrogens with zero attached hydrogens (tertiary/aromatic N) is 5. The van der Waals surface area contributed by atoms with Gasteiger partial charge in [0.2, 0.25) is 5.13 Å². The highest BCUT2D eigenvalue weighted by Gasteiger charge is 2.21. The molecule has 1 N–H and O–H groups in total. The Morgan fingerprint density at radius 3 is 2.82 bits per heavy atom. The van der Waals surface area contributed by atoms with E-state index in [4.69, 9.17) is 9.15 Å². The van der Waals surface area contributed by atoms with Gasteiger partial charge in [0.15, 0.2) is 5.96 Å². The number of piperazine rings is 1. The van der Waals surface area contributed by atoms with Gasteiger partial charge in [0.05, 0.1) is 6.26 Å². The Balaban J connectivity index is 0.00000280. The predicted octanol–water partition coefficient (Wildman–Crippen LogP) is 2.62. The minimum absolute atomic E-state index is 0. The normalized spacial score (nSPS) is 14.9. The number of aryl methyl sites for hydroxylation is 1. The zero-order chi connectivity index (χ0) is 18.9. The fourth-order valence-corrected chi connectivity index (χ4v) is 3.70. The number of ether oxygens (including phenoxy) is 1. The SMILES string of the molecule is CCc1nsc(N2CCN(C(=NC)NCCCOCc3ccco3)CC2)n1.I. The lowest BCUT2D eigenvalue weighted by Gasteiger charge is -2.36. The zero-order valence-corrected chi connectivity index (χ0v) is 19.6. The van der Waals surface area contributed by atoms with Gasteiger partial charge in [-0.3, -0.25) is 4.99 Å². The minimum Gasteiger partial charge on any atom is -0.467 e. The maximum Gasteiger partial charge on any atom is 0.205 e. The summed E-state index contributed by atoms with van der Waals surface area (Å²) in [5.74, 6) is 2.74. The van der Waals surface area contributed by atoms with E-state index in [0.29, 0.717) is 13.2 Å². The Bertz CT molecular complexity index is 701. The molecule has 1 aliphatic heterocycles. The van der Waals surface area contributed by atoms with Crippen molar-refractivity contribution in [3.63, 3.8) is 0 Å². The van der Waals surface area contributed by atoms with Crippen LogP contribution >= 0.6 is 35.5 Å². The third kappa shape index (κ3) is 6.59. The Morgan fingerprint density at radius 2 is 2.18 bits per heavy atom. The summed E-state index contributed by atoms with van der Waals surface area (Å²) in [7, 11) is 1.83. The van der Waals surface area contributed by atoms with Crippen LogP contribution in [0.4, 0.5) is 5.13 Å². The molecule has 10 heteroatoms. The smallest absolute Gasteiger partial charge is 0.205 e. The van der Waals surface area contributed by atoms with Crippen LogP contribution in [-0.4, -0.2) is 66.6 Å². The molecule has 0 aromatic carbocycles. The maximum atomic E-state index is 5.61. The van der Waals surface area contributed by atoms with Crippen LogP contribution in [0.25, 0.3) is 0 Å². The second-order valence-electron chi connectivity index (χ2n) is 6.28. The zero-order valence-electron chi connectivity index (χ0n) is 16.5. The fourth-order valence-electron chi connectivity index (χ4n) is 2.90. The molecule has 0 saturated carbocycles. The van der Waals surface area contributed by atoms with E-state index >= 15 is 0 Å².